The van der Waals surface area contributed by atoms with Crippen LogP contribution in [0, 0.1) is 6.92 Å². The molecule has 2 aromatic carbocycles. The number of rotatable bonds is 6. The fourth-order valence-electron chi connectivity index (χ4n) is 2.16. The van der Waals surface area contributed by atoms with Crippen molar-refractivity contribution in [3.05, 3.63) is 63.1 Å². The SMILES string of the molecule is Cc1ccc(Cl)cc1NC(=O)CN(Cc1ccc(Br)cc1)S(C)(=O)=O. The van der Waals surface area contributed by atoms with Gasteiger partial charge in [-0.25, -0.2) is 8.42 Å². The summed E-state index contributed by atoms with van der Waals surface area (Å²) in [5.74, 6) is -0.423. The Balaban J connectivity index is 2.12. The standard InChI is InChI=1S/C17H18BrClN2O3S/c1-12-3-8-15(19)9-16(12)20-17(22)11-21(25(2,23)24)10-13-4-6-14(18)7-5-13/h3-9H,10-11H2,1-2H3,(H,20,22). The number of halogens is 2. The molecule has 0 radical (unpaired) electrons. The average molecular weight is 446 g/mol. The van der Waals surface area contributed by atoms with Crippen molar-refractivity contribution in [2.45, 2.75) is 13.5 Å². The molecule has 0 aliphatic carbocycles. The van der Waals surface area contributed by atoms with Crippen molar-refractivity contribution in [3.8, 4) is 0 Å². The van der Waals surface area contributed by atoms with E-state index in [9.17, 15) is 13.2 Å². The van der Waals surface area contributed by atoms with Gasteiger partial charge >= 0.3 is 0 Å². The topological polar surface area (TPSA) is 66.5 Å². The third kappa shape index (κ3) is 6.11. The van der Waals surface area contributed by atoms with Crippen LogP contribution in [-0.4, -0.2) is 31.4 Å². The molecule has 0 spiro atoms. The Hall–Kier alpha value is -1.41. The quantitative estimate of drug-likeness (QED) is 0.735. The van der Waals surface area contributed by atoms with Crippen LogP contribution < -0.4 is 5.32 Å². The van der Waals surface area contributed by atoms with Gasteiger partial charge in [0.2, 0.25) is 15.9 Å². The van der Waals surface area contributed by atoms with Crippen LogP contribution in [0.1, 0.15) is 11.1 Å². The summed E-state index contributed by atoms with van der Waals surface area (Å²) in [6, 6.07) is 12.4. The van der Waals surface area contributed by atoms with E-state index in [4.69, 9.17) is 11.6 Å². The molecule has 1 N–H and O–H groups in total. The summed E-state index contributed by atoms with van der Waals surface area (Å²) >= 11 is 9.27. The molecular formula is C17H18BrClN2O3S. The number of carbonyl (C=O) groups excluding carboxylic acids is 1. The van der Waals surface area contributed by atoms with Crippen molar-refractivity contribution in [2.75, 3.05) is 18.1 Å². The van der Waals surface area contributed by atoms with E-state index >= 15 is 0 Å². The maximum Gasteiger partial charge on any atom is 0.239 e. The number of nitrogens with one attached hydrogen (secondary N) is 1. The lowest BCUT2D eigenvalue weighted by atomic mass is 10.2. The van der Waals surface area contributed by atoms with Crippen molar-refractivity contribution < 1.29 is 13.2 Å². The van der Waals surface area contributed by atoms with E-state index in [0.717, 1.165) is 26.2 Å². The second kappa shape index (κ2) is 8.31. The maximum atomic E-state index is 12.3. The first kappa shape index (κ1) is 19.9. The zero-order valence-electron chi connectivity index (χ0n) is 13.8. The average Bonchev–Trinajstić information content (AvgIpc) is 2.51. The Morgan fingerprint density at radius 2 is 1.84 bits per heavy atom. The third-order valence-electron chi connectivity index (χ3n) is 3.53. The van der Waals surface area contributed by atoms with Gasteiger partial charge in [0.05, 0.1) is 12.8 Å². The van der Waals surface area contributed by atoms with E-state index in [1.807, 2.05) is 19.1 Å². The van der Waals surface area contributed by atoms with Gasteiger partial charge < -0.3 is 5.32 Å². The van der Waals surface area contributed by atoms with Crippen molar-refractivity contribution in [1.82, 2.24) is 4.31 Å². The normalized spacial score (nSPS) is 11.6. The van der Waals surface area contributed by atoms with Crippen LogP contribution in [-0.2, 0) is 21.4 Å². The number of carbonyl (C=O) groups is 1. The molecule has 0 unspecified atom stereocenters. The largest absolute Gasteiger partial charge is 0.325 e. The molecule has 0 aromatic heterocycles. The lowest BCUT2D eigenvalue weighted by Crippen LogP contribution is -2.37. The highest BCUT2D eigenvalue weighted by Crippen LogP contribution is 2.20. The number of hydrogen-bond donors (Lipinski definition) is 1. The van der Waals surface area contributed by atoms with Crippen LogP contribution in [0.25, 0.3) is 0 Å². The van der Waals surface area contributed by atoms with Crippen LogP contribution >= 0.6 is 27.5 Å². The van der Waals surface area contributed by atoms with Crippen molar-refractivity contribution >= 4 is 49.1 Å². The minimum absolute atomic E-state index is 0.119. The molecule has 0 aliphatic heterocycles. The van der Waals surface area contributed by atoms with E-state index in [-0.39, 0.29) is 13.1 Å². The van der Waals surface area contributed by atoms with Gasteiger partial charge in [-0.1, -0.05) is 45.7 Å². The van der Waals surface area contributed by atoms with E-state index in [1.54, 1.807) is 30.3 Å². The predicted molar refractivity (Wildman–Crippen MR) is 104 cm³/mol. The monoisotopic (exact) mass is 444 g/mol. The Labute approximate surface area is 161 Å². The number of benzene rings is 2. The van der Waals surface area contributed by atoms with E-state index in [1.165, 1.54) is 0 Å². The summed E-state index contributed by atoms with van der Waals surface area (Å²) in [6.07, 6.45) is 1.09. The van der Waals surface area contributed by atoms with Gasteiger partial charge in [-0.2, -0.15) is 4.31 Å². The molecule has 0 bridgehead atoms. The number of aryl methyl sites for hydroxylation is 1. The van der Waals surface area contributed by atoms with Crippen molar-refractivity contribution in [3.63, 3.8) is 0 Å². The molecule has 25 heavy (non-hydrogen) atoms. The predicted octanol–water partition coefficient (Wildman–Crippen LogP) is 3.81. The fraction of sp³-hybridized carbons (Fsp3) is 0.235. The highest BCUT2D eigenvalue weighted by atomic mass is 79.9. The minimum atomic E-state index is -3.54. The molecule has 0 heterocycles. The Bertz CT molecular complexity index is 870. The molecule has 134 valence electrons. The summed E-state index contributed by atoms with van der Waals surface area (Å²) in [6.45, 7) is 1.68. The zero-order valence-corrected chi connectivity index (χ0v) is 17.0. The van der Waals surface area contributed by atoms with Gasteiger partial charge in [-0.05, 0) is 42.3 Å². The molecule has 2 rings (SSSR count). The highest BCUT2D eigenvalue weighted by Gasteiger charge is 2.21. The molecule has 5 nitrogen and oxygen atoms in total. The molecule has 0 saturated carbocycles. The lowest BCUT2D eigenvalue weighted by molar-refractivity contribution is -0.116. The maximum absolute atomic E-state index is 12.3. The Morgan fingerprint density at radius 1 is 1.20 bits per heavy atom. The third-order valence-corrected chi connectivity index (χ3v) is 5.49. The molecule has 8 heteroatoms. The fourth-order valence-corrected chi connectivity index (χ4v) is 3.33. The first-order valence-electron chi connectivity index (χ1n) is 7.41. The molecule has 0 fully saturated rings. The van der Waals surface area contributed by atoms with E-state index in [0.29, 0.717) is 10.7 Å². The van der Waals surface area contributed by atoms with Crippen molar-refractivity contribution in [2.24, 2.45) is 0 Å². The lowest BCUT2D eigenvalue weighted by Gasteiger charge is -2.20. The van der Waals surface area contributed by atoms with Gasteiger partial charge in [0, 0.05) is 21.7 Å². The second-order valence-corrected chi connectivity index (χ2v) is 9.00. The van der Waals surface area contributed by atoms with Gasteiger partial charge in [0.15, 0.2) is 0 Å². The van der Waals surface area contributed by atoms with Crippen LogP contribution in [0.5, 0.6) is 0 Å². The number of nitrogens with zero attached hydrogens (tertiary/aromatic N) is 1. The minimum Gasteiger partial charge on any atom is -0.325 e. The van der Waals surface area contributed by atoms with Crippen molar-refractivity contribution in [1.29, 1.82) is 0 Å². The van der Waals surface area contributed by atoms with Gasteiger partial charge in [0.25, 0.3) is 0 Å². The first-order chi connectivity index (χ1) is 11.6. The van der Waals surface area contributed by atoms with Gasteiger partial charge in [-0.3, -0.25) is 4.79 Å². The summed E-state index contributed by atoms with van der Waals surface area (Å²) in [5.41, 5.74) is 2.20. The number of sulfonamides is 1. The summed E-state index contributed by atoms with van der Waals surface area (Å²) in [7, 11) is -3.54. The second-order valence-electron chi connectivity index (χ2n) is 5.66. The van der Waals surface area contributed by atoms with Gasteiger partial charge in [0.1, 0.15) is 0 Å². The van der Waals surface area contributed by atoms with Gasteiger partial charge in [-0.15, -0.1) is 0 Å². The molecule has 0 saturated heterocycles. The first-order valence-corrected chi connectivity index (χ1v) is 10.4. The summed E-state index contributed by atoms with van der Waals surface area (Å²) in [5, 5.41) is 3.21. The number of anilines is 1. The highest BCUT2D eigenvalue weighted by molar-refractivity contribution is 9.10. The molecular weight excluding hydrogens is 428 g/mol. The summed E-state index contributed by atoms with van der Waals surface area (Å²) in [4.78, 5) is 12.3. The van der Waals surface area contributed by atoms with E-state index < -0.39 is 15.9 Å². The van der Waals surface area contributed by atoms with Crippen LogP contribution in [0.2, 0.25) is 5.02 Å². The zero-order chi connectivity index (χ0) is 18.6. The Morgan fingerprint density at radius 3 is 2.44 bits per heavy atom. The number of hydrogen-bond acceptors (Lipinski definition) is 3. The molecule has 1 amide bonds. The molecule has 0 aliphatic rings. The molecule has 0 atom stereocenters. The smallest absolute Gasteiger partial charge is 0.239 e. The summed E-state index contributed by atoms with van der Waals surface area (Å²) < 4.78 is 26.1. The number of amides is 1. The van der Waals surface area contributed by atoms with E-state index in [2.05, 4.69) is 21.2 Å². The van der Waals surface area contributed by atoms with Crippen LogP contribution in [0.15, 0.2) is 46.9 Å². The Kier molecular flexibility index (Phi) is 6.62. The van der Waals surface area contributed by atoms with Crippen LogP contribution in [0.3, 0.4) is 0 Å². The van der Waals surface area contributed by atoms with Crippen LogP contribution in [0.4, 0.5) is 5.69 Å². The molecule has 2 aromatic rings.